The highest BCUT2D eigenvalue weighted by atomic mass is 16.3. The minimum absolute atomic E-state index is 0.160. The van der Waals surface area contributed by atoms with Crippen LogP contribution >= 0.6 is 0 Å². The van der Waals surface area contributed by atoms with E-state index in [0.29, 0.717) is 10.6 Å². The molecule has 104 valence electrons. The molecule has 2 N–H and O–H groups in total. The van der Waals surface area contributed by atoms with E-state index in [-0.39, 0.29) is 11.3 Å². The normalized spacial score (nSPS) is 11.7. The van der Waals surface area contributed by atoms with E-state index in [2.05, 4.69) is 11.7 Å². The van der Waals surface area contributed by atoms with Crippen LogP contribution in [-0.4, -0.2) is 14.9 Å². The molecule has 0 saturated heterocycles. The van der Waals surface area contributed by atoms with Crippen molar-refractivity contribution in [3.63, 3.8) is 0 Å². The second-order valence-corrected chi connectivity index (χ2v) is 4.72. The number of nitrogens with one attached hydrogen (secondary N) is 1. The number of para-hydroxylation sites is 1. The molecule has 4 heteroatoms. The highest BCUT2D eigenvalue weighted by Gasteiger charge is 2.04. The van der Waals surface area contributed by atoms with Crippen molar-refractivity contribution in [3.05, 3.63) is 81.1 Å². The Morgan fingerprint density at radius 3 is 2.57 bits per heavy atom. The number of phenolic OH excluding ortho intramolecular Hbond substituents is 1. The Labute approximate surface area is 120 Å². The Morgan fingerprint density at radius 2 is 1.86 bits per heavy atom. The third-order valence-electron chi connectivity index (χ3n) is 3.20. The molecule has 3 aromatic rings. The summed E-state index contributed by atoms with van der Waals surface area (Å²) in [6.07, 6.45) is 1.71. The quantitative estimate of drug-likeness (QED) is 0.738. The zero-order valence-electron chi connectivity index (χ0n) is 11.3. The number of aromatic nitrogens is 2. The maximum absolute atomic E-state index is 12.5. The Balaban J connectivity index is 2.20. The van der Waals surface area contributed by atoms with Crippen molar-refractivity contribution in [1.82, 2.24) is 9.78 Å². The summed E-state index contributed by atoms with van der Waals surface area (Å²) >= 11 is 0. The van der Waals surface area contributed by atoms with E-state index < -0.39 is 0 Å². The van der Waals surface area contributed by atoms with Gasteiger partial charge in [0.1, 0.15) is 5.75 Å². The van der Waals surface area contributed by atoms with E-state index in [1.165, 1.54) is 4.68 Å². The molecule has 4 nitrogen and oxygen atoms in total. The van der Waals surface area contributed by atoms with Crippen molar-refractivity contribution in [1.29, 1.82) is 0 Å². The van der Waals surface area contributed by atoms with Crippen LogP contribution in [-0.2, 0) is 0 Å². The van der Waals surface area contributed by atoms with Gasteiger partial charge in [-0.15, -0.1) is 0 Å². The van der Waals surface area contributed by atoms with Gasteiger partial charge in [-0.3, -0.25) is 9.89 Å². The lowest BCUT2D eigenvalue weighted by atomic mass is 10.2. The lowest BCUT2D eigenvalue weighted by Gasteiger charge is -1.98. The summed E-state index contributed by atoms with van der Waals surface area (Å²) in [6.45, 7) is 3.88. The second kappa shape index (κ2) is 5.17. The van der Waals surface area contributed by atoms with Crippen LogP contribution in [0.3, 0.4) is 0 Å². The van der Waals surface area contributed by atoms with Gasteiger partial charge in [0.05, 0.1) is 16.3 Å². The van der Waals surface area contributed by atoms with E-state index in [1.54, 1.807) is 24.3 Å². The van der Waals surface area contributed by atoms with Gasteiger partial charge in [-0.05, 0) is 35.9 Å². The lowest BCUT2D eigenvalue weighted by molar-refractivity contribution is 0.475. The van der Waals surface area contributed by atoms with Crippen LogP contribution in [0.5, 0.6) is 5.75 Å². The molecule has 21 heavy (non-hydrogen) atoms. The number of hydrogen-bond acceptors (Lipinski definition) is 2. The molecule has 2 aromatic carbocycles. The first kappa shape index (κ1) is 13.0. The summed E-state index contributed by atoms with van der Waals surface area (Å²) in [5.41, 5.74) is 1.33. The molecular formula is C17H14N2O2. The number of aromatic amines is 1. The zero-order valence-corrected chi connectivity index (χ0v) is 11.3. The lowest BCUT2D eigenvalue weighted by Crippen LogP contribution is -2.33. The number of benzene rings is 2. The molecule has 1 heterocycles. The predicted octanol–water partition coefficient (Wildman–Crippen LogP) is 1.11. The van der Waals surface area contributed by atoms with Crippen molar-refractivity contribution < 1.29 is 5.11 Å². The van der Waals surface area contributed by atoms with E-state index in [0.717, 1.165) is 11.3 Å². The molecule has 0 aliphatic carbocycles. The summed E-state index contributed by atoms with van der Waals surface area (Å²) in [5, 5.41) is 13.5. The number of H-pyrrole nitrogens is 1. The fraction of sp³-hybridized carbons (Fsp3) is 0. The van der Waals surface area contributed by atoms with Crippen molar-refractivity contribution in [2.24, 2.45) is 0 Å². The molecule has 1 aromatic heterocycles. The molecular weight excluding hydrogens is 264 g/mol. The first-order valence-corrected chi connectivity index (χ1v) is 6.51. The molecule has 0 radical (unpaired) electrons. The highest BCUT2D eigenvalue weighted by molar-refractivity contribution is 5.51. The van der Waals surface area contributed by atoms with E-state index in [1.807, 2.05) is 36.4 Å². The Kier molecular flexibility index (Phi) is 3.20. The molecule has 0 aliphatic rings. The van der Waals surface area contributed by atoms with Gasteiger partial charge in [0.15, 0.2) is 0 Å². The highest BCUT2D eigenvalue weighted by Crippen LogP contribution is 2.10. The van der Waals surface area contributed by atoms with Crippen LogP contribution in [0.25, 0.3) is 18.3 Å². The molecule has 3 rings (SSSR count). The number of aromatic hydroxyl groups is 1. The fourth-order valence-corrected chi connectivity index (χ4v) is 2.18. The minimum atomic E-state index is -0.172. The molecule has 0 bridgehead atoms. The first-order valence-electron chi connectivity index (χ1n) is 6.51. The maximum atomic E-state index is 12.5. The zero-order chi connectivity index (χ0) is 14.8. The van der Waals surface area contributed by atoms with Gasteiger partial charge in [-0.1, -0.05) is 36.9 Å². The topological polar surface area (TPSA) is 58.0 Å². The number of phenols is 1. The van der Waals surface area contributed by atoms with Crippen molar-refractivity contribution in [2.45, 2.75) is 0 Å². The largest absolute Gasteiger partial charge is 0.508 e. The Hall–Kier alpha value is -3.01. The van der Waals surface area contributed by atoms with E-state index in [9.17, 15) is 9.90 Å². The van der Waals surface area contributed by atoms with Gasteiger partial charge in [0.25, 0.3) is 5.56 Å². The molecule has 0 fully saturated rings. The SMILES string of the molecule is C=c1[nH]n(-c2ccccc2)c(=O)/c1=C\c1cccc(O)c1. The van der Waals surface area contributed by atoms with Crippen LogP contribution in [0.15, 0.2) is 59.4 Å². The van der Waals surface area contributed by atoms with Gasteiger partial charge in [-0.2, -0.15) is 0 Å². The molecule has 0 aliphatic heterocycles. The van der Waals surface area contributed by atoms with Crippen LogP contribution in [0.1, 0.15) is 5.56 Å². The van der Waals surface area contributed by atoms with Crippen LogP contribution in [0, 0.1) is 0 Å². The summed E-state index contributed by atoms with van der Waals surface area (Å²) in [4.78, 5) is 12.5. The molecule has 0 unspecified atom stereocenters. The van der Waals surface area contributed by atoms with Crippen molar-refractivity contribution >= 4 is 12.7 Å². The minimum Gasteiger partial charge on any atom is -0.508 e. The molecule has 0 saturated carbocycles. The third-order valence-corrected chi connectivity index (χ3v) is 3.20. The van der Waals surface area contributed by atoms with Gasteiger partial charge < -0.3 is 5.11 Å². The monoisotopic (exact) mass is 278 g/mol. The fourth-order valence-electron chi connectivity index (χ4n) is 2.18. The smallest absolute Gasteiger partial charge is 0.279 e. The number of hydrogen-bond donors (Lipinski definition) is 2. The first-order chi connectivity index (χ1) is 10.1. The molecule has 0 amide bonds. The standard InChI is InChI=1S/C17H14N2O2/c1-12-16(11-13-6-5-9-15(20)10-13)17(21)19(18-12)14-7-3-2-4-8-14/h2-11,18,20H,1H2/b16-11-. The summed E-state index contributed by atoms with van der Waals surface area (Å²) in [5.74, 6) is 0.160. The van der Waals surface area contributed by atoms with Gasteiger partial charge in [-0.25, -0.2) is 4.68 Å². The van der Waals surface area contributed by atoms with Gasteiger partial charge >= 0.3 is 0 Å². The van der Waals surface area contributed by atoms with Gasteiger partial charge in [0.2, 0.25) is 0 Å². The summed E-state index contributed by atoms with van der Waals surface area (Å²) in [6, 6.07) is 16.0. The number of rotatable bonds is 2. The predicted molar refractivity (Wildman–Crippen MR) is 82.8 cm³/mol. The van der Waals surface area contributed by atoms with Crippen molar-refractivity contribution in [3.8, 4) is 11.4 Å². The Morgan fingerprint density at radius 1 is 1.10 bits per heavy atom. The summed E-state index contributed by atoms with van der Waals surface area (Å²) < 4.78 is 1.46. The van der Waals surface area contributed by atoms with Crippen molar-refractivity contribution in [2.75, 3.05) is 0 Å². The Bertz CT molecular complexity index is 937. The van der Waals surface area contributed by atoms with E-state index >= 15 is 0 Å². The maximum Gasteiger partial charge on any atom is 0.279 e. The van der Waals surface area contributed by atoms with Crippen LogP contribution in [0.2, 0.25) is 0 Å². The average Bonchev–Trinajstić information content (AvgIpc) is 2.76. The summed E-state index contributed by atoms with van der Waals surface area (Å²) in [7, 11) is 0. The van der Waals surface area contributed by atoms with Crippen LogP contribution < -0.4 is 16.1 Å². The van der Waals surface area contributed by atoms with E-state index in [4.69, 9.17) is 0 Å². The van der Waals surface area contributed by atoms with Crippen LogP contribution in [0.4, 0.5) is 0 Å². The third kappa shape index (κ3) is 2.51. The average molecular weight is 278 g/mol. The number of nitrogens with zero attached hydrogens (tertiary/aromatic N) is 1. The molecule has 0 atom stereocenters. The van der Waals surface area contributed by atoms with Gasteiger partial charge in [0, 0.05) is 0 Å². The molecule has 0 spiro atoms. The second-order valence-electron chi connectivity index (χ2n) is 4.72.